The summed E-state index contributed by atoms with van der Waals surface area (Å²) in [6.45, 7) is 6.72. The Labute approximate surface area is 296 Å². The van der Waals surface area contributed by atoms with Gasteiger partial charge in [-0.05, 0) is 86.8 Å². The number of carbonyl (C=O) groups is 1. The van der Waals surface area contributed by atoms with E-state index in [9.17, 15) is 18.8 Å². The lowest BCUT2D eigenvalue weighted by molar-refractivity contribution is -0.622. The second kappa shape index (κ2) is 16.4. The molecule has 270 valence electrons. The molecule has 2 amide bonds. The third kappa shape index (κ3) is 8.34. The standard InChI is InChI=1S/C36H41F3N8O3S/c1-5-41-35(49)44-24-11-14-26(21(2)17-24)32-28(19-45(4)18-22(3)42-15-16-43-40)31-33(48)47(25-12-9-23(37)10-13-25)36(50)46(34(31)51-32)20-27-29(38)7-6-8-30(27)39/h6-16,21-22,42-43H,5,17-20,40H2,1-4H3,(H2,41,44,49)/p+1/b16-15-. The fourth-order valence-electron chi connectivity index (χ4n) is 6.24. The van der Waals surface area contributed by atoms with Crippen molar-refractivity contribution in [2.24, 2.45) is 11.8 Å². The SMILES string of the molecule is CCNC(=O)NC1=CC=C(c2sc3c(c2CN(C)CC(C)[NH2+]/C=C\NN)c(=O)n(-c2ccc(F)cc2)c(=O)n3Cc2c(F)cccc2F)C(C)C1. The number of hydrogen-bond donors (Lipinski definition) is 5. The summed E-state index contributed by atoms with van der Waals surface area (Å²) in [6.07, 6.45) is 7.61. The molecule has 0 fully saturated rings. The molecule has 0 aliphatic heterocycles. The molecule has 2 heterocycles. The fraction of sp³-hybridized carbons (Fsp3) is 0.306. The van der Waals surface area contributed by atoms with Gasteiger partial charge >= 0.3 is 11.7 Å². The van der Waals surface area contributed by atoms with Crippen molar-refractivity contribution in [3.63, 3.8) is 0 Å². The van der Waals surface area contributed by atoms with Crippen LogP contribution in [-0.2, 0) is 13.1 Å². The van der Waals surface area contributed by atoms with E-state index in [0.29, 0.717) is 30.8 Å². The highest BCUT2D eigenvalue weighted by Crippen LogP contribution is 2.41. The largest absolute Gasteiger partial charge is 0.338 e. The van der Waals surface area contributed by atoms with Crippen LogP contribution in [0.3, 0.4) is 0 Å². The topological polar surface area (TPSA) is 143 Å². The van der Waals surface area contributed by atoms with E-state index < -0.39 is 35.2 Å². The minimum Gasteiger partial charge on any atom is -0.338 e. The molecule has 0 spiro atoms. The lowest BCUT2D eigenvalue weighted by Crippen LogP contribution is -2.85. The molecule has 2 atom stereocenters. The van der Waals surface area contributed by atoms with Gasteiger partial charge in [-0.25, -0.2) is 27.3 Å². The molecule has 0 saturated heterocycles. The molecule has 11 nitrogen and oxygen atoms in total. The number of thiophene rings is 1. The molecule has 2 aromatic carbocycles. The molecule has 2 aromatic heterocycles. The molecule has 0 radical (unpaired) electrons. The number of urea groups is 1. The number of rotatable bonds is 13. The van der Waals surface area contributed by atoms with Gasteiger partial charge in [0.05, 0.1) is 30.4 Å². The lowest BCUT2D eigenvalue weighted by atomic mass is 9.88. The molecule has 51 heavy (non-hydrogen) atoms. The van der Waals surface area contributed by atoms with Crippen molar-refractivity contribution >= 4 is 33.2 Å². The molecular formula is C36H42F3N8O3S+. The number of benzene rings is 2. The maximum absolute atomic E-state index is 15.1. The zero-order valence-electron chi connectivity index (χ0n) is 28.8. The van der Waals surface area contributed by atoms with Crippen LogP contribution in [0.1, 0.15) is 43.2 Å². The first-order valence-electron chi connectivity index (χ1n) is 16.5. The number of quaternary nitrogens is 1. The molecule has 4 aromatic rings. The Morgan fingerprint density at radius 1 is 1.12 bits per heavy atom. The Morgan fingerprint density at radius 3 is 2.47 bits per heavy atom. The summed E-state index contributed by atoms with van der Waals surface area (Å²) in [5.74, 6) is 3.00. The highest BCUT2D eigenvalue weighted by molar-refractivity contribution is 7.20. The number of allylic oxidation sites excluding steroid dienone is 4. The average Bonchev–Trinajstić information content (AvgIpc) is 3.43. The first-order valence-corrected chi connectivity index (χ1v) is 17.4. The maximum Gasteiger partial charge on any atom is 0.337 e. The first kappa shape index (κ1) is 37.3. The Hall–Kier alpha value is -4.96. The number of likely N-dealkylation sites (N-methyl/N-ethyl adjacent to an activating group) is 1. The number of nitrogens with one attached hydrogen (secondary N) is 3. The number of hydrazine groups is 1. The summed E-state index contributed by atoms with van der Waals surface area (Å²) in [4.78, 5) is 44.1. The van der Waals surface area contributed by atoms with E-state index in [-0.39, 0.29) is 46.0 Å². The Morgan fingerprint density at radius 2 is 1.82 bits per heavy atom. The predicted molar refractivity (Wildman–Crippen MR) is 193 cm³/mol. The molecule has 0 bridgehead atoms. The fourth-order valence-corrected chi connectivity index (χ4v) is 7.68. The van der Waals surface area contributed by atoms with E-state index >= 15 is 8.78 Å². The maximum atomic E-state index is 15.1. The van der Waals surface area contributed by atoms with Crippen molar-refractivity contribution in [2.75, 3.05) is 20.1 Å². The number of aromatic nitrogens is 2. The van der Waals surface area contributed by atoms with E-state index in [2.05, 4.69) is 21.0 Å². The summed E-state index contributed by atoms with van der Waals surface area (Å²) in [5.41, 5.74) is 3.02. The van der Waals surface area contributed by atoms with Crippen molar-refractivity contribution in [1.82, 2.24) is 30.1 Å². The van der Waals surface area contributed by atoms with Crippen LogP contribution in [0.25, 0.3) is 21.5 Å². The zero-order valence-corrected chi connectivity index (χ0v) is 29.6. The third-order valence-corrected chi connectivity index (χ3v) is 9.89. The number of halogens is 3. The average molecular weight is 724 g/mol. The number of nitrogens with zero attached hydrogens (tertiary/aromatic N) is 3. The number of carbonyl (C=O) groups excluding carboxylic acids is 1. The van der Waals surface area contributed by atoms with E-state index in [1.54, 1.807) is 12.4 Å². The van der Waals surface area contributed by atoms with Gasteiger partial charge in [-0.15, -0.1) is 11.3 Å². The van der Waals surface area contributed by atoms with Crippen LogP contribution in [0.5, 0.6) is 0 Å². The highest BCUT2D eigenvalue weighted by atomic mass is 32.1. The second-order valence-electron chi connectivity index (χ2n) is 12.6. The molecule has 2 unspecified atom stereocenters. The smallest absolute Gasteiger partial charge is 0.337 e. The minimum atomic E-state index is -0.837. The number of nitrogens with two attached hydrogens (primary N) is 2. The number of hydrogen-bond acceptors (Lipinski definition) is 7. The van der Waals surface area contributed by atoms with Gasteiger partial charge in [0.2, 0.25) is 0 Å². The normalized spacial score (nSPS) is 15.3. The minimum absolute atomic E-state index is 0.0877. The van der Waals surface area contributed by atoms with Crippen LogP contribution in [0.4, 0.5) is 18.0 Å². The number of fused-ring (bicyclic) bond motifs is 1. The molecule has 5 rings (SSSR count). The Balaban J connectivity index is 1.76. The Bertz CT molecular complexity index is 2100. The van der Waals surface area contributed by atoms with E-state index in [1.807, 2.05) is 45.3 Å². The second-order valence-corrected chi connectivity index (χ2v) is 13.6. The van der Waals surface area contributed by atoms with Crippen molar-refractivity contribution in [1.29, 1.82) is 0 Å². The van der Waals surface area contributed by atoms with Crippen LogP contribution in [0, 0.1) is 23.4 Å². The van der Waals surface area contributed by atoms with Crippen molar-refractivity contribution in [3.05, 3.63) is 127 Å². The van der Waals surface area contributed by atoms with Crippen LogP contribution in [-0.4, -0.2) is 46.2 Å². The van der Waals surface area contributed by atoms with Gasteiger partial charge in [-0.2, -0.15) is 0 Å². The molecular weight excluding hydrogens is 682 g/mol. The third-order valence-electron chi connectivity index (χ3n) is 8.59. The van der Waals surface area contributed by atoms with Crippen LogP contribution >= 0.6 is 11.3 Å². The van der Waals surface area contributed by atoms with Crippen molar-refractivity contribution in [3.8, 4) is 5.69 Å². The van der Waals surface area contributed by atoms with E-state index in [0.717, 1.165) is 39.3 Å². The summed E-state index contributed by atoms with van der Waals surface area (Å²) in [7, 11) is 1.92. The summed E-state index contributed by atoms with van der Waals surface area (Å²) >= 11 is 1.21. The van der Waals surface area contributed by atoms with Gasteiger partial charge in [0.25, 0.3) is 5.56 Å². The van der Waals surface area contributed by atoms with Gasteiger partial charge in [0.15, 0.2) is 0 Å². The summed E-state index contributed by atoms with van der Waals surface area (Å²) in [5, 5.41) is 7.79. The lowest BCUT2D eigenvalue weighted by Gasteiger charge is -2.24. The van der Waals surface area contributed by atoms with Gasteiger partial charge < -0.3 is 21.4 Å². The molecule has 0 saturated carbocycles. The van der Waals surface area contributed by atoms with Gasteiger partial charge in [0.1, 0.15) is 34.5 Å². The van der Waals surface area contributed by atoms with Crippen LogP contribution < -0.4 is 38.5 Å². The van der Waals surface area contributed by atoms with Gasteiger partial charge in [-0.1, -0.05) is 19.1 Å². The monoisotopic (exact) mass is 723 g/mol. The van der Waals surface area contributed by atoms with Crippen LogP contribution in [0.2, 0.25) is 0 Å². The summed E-state index contributed by atoms with van der Waals surface area (Å²) in [6, 6.07) is 8.15. The molecule has 7 N–H and O–H groups in total. The summed E-state index contributed by atoms with van der Waals surface area (Å²) < 4.78 is 46.3. The molecule has 1 aliphatic carbocycles. The molecule has 1 aliphatic rings. The zero-order chi connectivity index (χ0) is 36.8. The van der Waals surface area contributed by atoms with Crippen molar-refractivity contribution < 1.29 is 23.3 Å². The van der Waals surface area contributed by atoms with E-state index in [1.165, 1.54) is 34.1 Å². The predicted octanol–water partition coefficient (Wildman–Crippen LogP) is 3.62. The number of amides is 2. The molecule has 15 heteroatoms. The Kier molecular flexibility index (Phi) is 12.0. The highest BCUT2D eigenvalue weighted by Gasteiger charge is 2.29. The first-order chi connectivity index (χ1) is 24.4. The van der Waals surface area contributed by atoms with Crippen molar-refractivity contribution in [2.45, 2.75) is 46.3 Å². The van der Waals surface area contributed by atoms with E-state index in [4.69, 9.17) is 5.84 Å². The van der Waals surface area contributed by atoms with Gasteiger partial charge in [-0.3, -0.25) is 20.1 Å². The van der Waals surface area contributed by atoms with Crippen LogP contribution in [0.15, 0.2) is 82.3 Å². The quantitative estimate of drug-likeness (QED) is 0.105. The van der Waals surface area contributed by atoms with Gasteiger partial charge in [0, 0.05) is 29.2 Å².